The minimum atomic E-state index is -0.130. The predicted molar refractivity (Wildman–Crippen MR) is 68.5 cm³/mol. The van der Waals surface area contributed by atoms with Crippen LogP contribution < -0.4 is 5.32 Å². The molecule has 2 heterocycles. The number of aryl methyl sites for hydroxylation is 1. The Morgan fingerprint density at radius 1 is 1.56 bits per heavy atom. The van der Waals surface area contributed by atoms with Crippen molar-refractivity contribution in [3.05, 3.63) is 28.0 Å². The average molecular weight is 265 g/mol. The summed E-state index contributed by atoms with van der Waals surface area (Å²) in [6.07, 6.45) is 1.71. The first-order valence-corrected chi connectivity index (χ1v) is 6.46. The Bertz CT molecular complexity index is 545. The Labute approximate surface area is 109 Å². The smallest absolute Gasteiger partial charge is 0.265 e. The molecule has 0 unspecified atom stereocenters. The van der Waals surface area contributed by atoms with Crippen LogP contribution in [0, 0.1) is 6.92 Å². The predicted octanol–water partition coefficient (Wildman–Crippen LogP) is 1.62. The van der Waals surface area contributed by atoms with E-state index in [-0.39, 0.29) is 11.8 Å². The highest BCUT2D eigenvalue weighted by molar-refractivity contribution is 7.08. The number of aromatic nitrogens is 4. The van der Waals surface area contributed by atoms with Crippen molar-refractivity contribution < 1.29 is 4.79 Å². The van der Waals surface area contributed by atoms with Crippen LogP contribution in [0.15, 0.2) is 6.20 Å². The van der Waals surface area contributed by atoms with Gasteiger partial charge in [0.2, 0.25) is 0 Å². The molecule has 0 fully saturated rings. The molecule has 0 aliphatic carbocycles. The third-order valence-electron chi connectivity index (χ3n) is 2.64. The summed E-state index contributed by atoms with van der Waals surface area (Å²) < 4.78 is 3.84. The highest BCUT2D eigenvalue weighted by Gasteiger charge is 2.18. The number of carbonyl (C=O) groups excluding carboxylic acids is 1. The number of nitrogens with one attached hydrogen (secondary N) is 2. The lowest BCUT2D eigenvalue weighted by Gasteiger charge is -2.05. The molecule has 0 saturated carbocycles. The molecule has 18 heavy (non-hydrogen) atoms. The van der Waals surface area contributed by atoms with Crippen LogP contribution in [0.4, 0.5) is 0 Å². The van der Waals surface area contributed by atoms with Crippen LogP contribution in [0.25, 0.3) is 0 Å². The van der Waals surface area contributed by atoms with Crippen molar-refractivity contribution >= 4 is 17.4 Å². The Morgan fingerprint density at radius 2 is 2.33 bits per heavy atom. The quantitative estimate of drug-likeness (QED) is 0.880. The second-order valence-corrected chi connectivity index (χ2v) is 5.10. The molecule has 2 rings (SSSR count). The lowest BCUT2D eigenvalue weighted by molar-refractivity contribution is 0.0953. The van der Waals surface area contributed by atoms with Gasteiger partial charge in [-0.15, -0.1) is 5.10 Å². The normalized spacial score (nSPS) is 10.9. The molecule has 0 saturated heterocycles. The van der Waals surface area contributed by atoms with E-state index in [4.69, 9.17) is 0 Å². The first-order valence-electron chi connectivity index (χ1n) is 5.69. The van der Waals surface area contributed by atoms with Crippen molar-refractivity contribution in [1.82, 2.24) is 25.1 Å². The van der Waals surface area contributed by atoms with Crippen molar-refractivity contribution in [2.75, 3.05) is 0 Å². The maximum atomic E-state index is 12.0. The molecule has 96 valence electrons. The van der Waals surface area contributed by atoms with Gasteiger partial charge < -0.3 is 5.32 Å². The molecule has 2 aromatic heterocycles. The van der Waals surface area contributed by atoms with Crippen molar-refractivity contribution in [2.24, 2.45) is 0 Å². The number of carbonyl (C=O) groups is 1. The summed E-state index contributed by atoms with van der Waals surface area (Å²) in [6, 6.07) is 0. The molecule has 0 atom stereocenters. The first kappa shape index (κ1) is 12.7. The van der Waals surface area contributed by atoms with Gasteiger partial charge >= 0.3 is 0 Å². The van der Waals surface area contributed by atoms with Gasteiger partial charge in [-0.1, -0.05) is 18.3 Å². The van der Waals surface area contributed by atoms with E-state index in [0.29, 0.717) is 11.4 Å². The molecule has 2 aromatic rings. The minimum Gasteiger partial charge on any atom is -0.347 e. The van der Waals surface area contributed by atoms with Crippen LogP contribution in [0.2, 0.25) is 0 Å². The SMILES string of the molecule is Cc1[nH]ncc1CNC(=O)c1snnc1C(C)C. The van der Waals surface area contributed by atoms with Crippen LogP contribution >= 0.6 is 11.5 Å². The highest BCUT2D eigenvalue weighted by Crippen LogP contribution is 2.19. The van der Waals surface area contributed by atoms with Gasteiger partial charge in [0.25, 0.3) is 5.91 Å². The highest BCUT2D eigenvalue weighted by atomic mass is 32.1. The summed E-state index contributed by atoms with van der Waals surface area (Å²) in [5.41, 5.74) is 2.69. The van der Waals surface area contributed by atoms with Gasteiger partial charge in [-0.3, -0.25) is 9.89 Å². The lowest BCUT2D eigenvalue weighted by atomic mass is 10.1. The number of nitrogens with zero attached hydrogens (tertiary/aromatic N) is 3. The van der Waals surface area contributed by atoms with Gasteiger partial charge in [0, 0.05) is 17.8 Å². The largest absolute Gasteiger partial charge is 0.347 e. The van der Waals surface area contributed by atoms with Gasteiger partial charge in [0.15, 0.2) is 0 Å². The third-order valence-corrected chi connectivity index (χ3v) is 3.38. The zero-order valence-corrected chi connectivity index (χ0v) is 11.3. The van der Waals surface area contributed by atoms with Crippen LogP contribution in [-0.2, 0) is 6.54 Å². The number of rotatable bonds is 4. The van der Waals surface area contributed by atoms with E-state index in [1.165, 1.54) is 0 Å². The van der Waals surface area contributed by atoms with E-state index in [1.54, 1.807) is 6.20 Å². The fourth-order valence-electron chi connectivity index (χ4n) is 1.54. The monoisotopic (exact) mass is 265 g/mol. The maximum absolute atomic E-state index is 12.0. The van der Waals surface area contributed by atoms with Gasteiger partial charge in [-0.05, 0) is 24.4 Å². The Kier molecular flexibility index (Phi) is 3.71. The molecule has 0 aliphatic rings. The zero-order chi connectivity index (χ0) is 13.1. The van der Waals surface area contributed by atoms with Crippen LogP contribution in [0.5, 0.6) is 0 Å². The fourth-order valence-corrected chi connectivity index (χ4v) is 2.28. The van der Waals surface area contributed by atoms with E-state index in [9.17, 15) is 4.79 Å². The number of H-pyrrole nitrogens is 1. The van der Waals surface area contributed by atoms with Crippen LogP contribution in [0.1, 0.15) is 46.4 Å². The molecule has 7 heteroatoms. The lowest BCUT2D eigenvalue weighted by Crippen LogP contribution is -2.23. The van der Waals surface area contributed by atoms with Crippen molar-refractivity contribution in [3.8, 4) is 0 Å². The first-order chi connectivity index (χ1) is 8.59. The number of aromatic amines is 1. The molecule has 6 nitrogen and oxygen atoms in total. The average Bonchev–Trinajstić information content (AvgIpc) is 2.94. The maximum Gasteiger partial charge on any atom is 0.265 e. The Balaban J connectivity index is 2.04. The third kappa shape index (κ3) is 2.56. The second kappa shape index (κ2) is 5.26. The topological polar surface area (TPSA) is 83.6 Å². The molecule has 1 amide bonds. The van der Waals surface area contributed by atoms with E-state index in [2.05, 4.69) is 25.1 Å². The van der Waals surface area contributed by atoms with E-state index in [0.717, 1.165) is 28.5 Å². The molecule has 0 bridgehead atoms. The molecule has 2 N–H and O–H groups in total. The summed E-state index contributed by atoms with van der Waals surface area (Å²) in [7, 11) is 0. The van der Waals surface area contributed by atoms with E-state index < -0.39 is 0 Å². The molecule has 0 radical (unpaired) electrons. The molecular weight excluding hydrogens is 250 g/mol. The van der Waals surface area contributed by atoms with E-state index in [1.807, 2.05) is 20.8 Å². The van der Waals surface area contributed by atoms with Crippen LogP contribution in [0.3, 0.4) is 0 Å². The number of hydrogen-bond donors (Lipinski definition) is 2. The van der Waals surface area contributed by atoms with Crippen molar-refractivity contribution in [3.63, 3.8) is 0 Å². The van der Waals surface area contributed by atoms with E-state index >= 15 is 0 Å². The van der Waals surface area contributed by atoms with Crippen molar-refractivity contribution in [2.45, 2.75) is 33.2 Å². The molecule has 0 aromatic carbocycles. The number of hydrogen-bond acceptors (Lipinski definition) is 5. The summed E-state index contributed by atoms with van der Waals surface area (Å²) in [6.45, 7) is 6.36. The van der Waals surface area contributed by atoms with Crippen LogP contribution in [-0.4, -0.2) is 25.7 Å². The fraction of sp³-hybridized carbons (Fsp3) is 0.455. The minimum absolute atomic E-state index is 0.130. The molecule has 0 spiro atoms. The summed E-state index contributed by atoms with van der Waals surface area (Å²) in [4.78, 5) is 12.6. The van der Waals surface area contributed by atoms with Gasteiger partial charge in [0.05, 0.1) is 11.9 Å². The zero-order valence-electron chi connectivity index (χ0n) is 10.5. The summed E-state index contributed by atoms with van der Waals surface area (Å²) in [5.74, 6) is 0.0643. The number of amides is 1. The van der Waals surface area contributed by atoms with Gasteiger partial charge in [-0.2, -0.15) is 5.10 Å². The van der Waals surface area contributed by atoms with Crippen molar-refractivity contribution in [1.29, 1.82) is 0 Å². The van der Waals surface area contributed by atoms with Gasteiger partial charge in [-0.25, -0.2) is 0 Å². The Morgan fingerprint density at radius 3 is 2.94 bits per heavy atom. The summed E-state index contributed by atoms with van der Waals surface area (Å²) in [5, 5.41) is 13.6. The standard InChI is InChI=1S/C11H15N5OS/c1-6(2)9-10(18-16-15-9)11(17)12-4-8-5-13-14-7(8)3/h5-6H,4H2,1-3H3,(H,12,17)(H,13,14). The Hall–Kier alpha value is -1.76. The second-order valence-electron chi connectivity index (χ2n) is 4.34. The summed E-state index contributed by atoms with van der Waals surface area (Å²) >= 11 is 1.13. The van der Waals surface area contributed by atoms with Gasteiger partial charge in [0.1, 0.15) is 4.88 Å². The molecule has 0 aliphatic heterocycles. The molecular formula is C11H15N5OS.